The number of anilines is 3. The average molecular weight is 1730 g/mol. The van der Waals surface area contributed by atoms with E-state index in [1.165, 1.54) is 52.6 Å². The Morgan fingerprint density at radius 2 is 0.858 bits per heavy atom. The summed E-state index contributed by atoms with van der Waals surface area (Å²) in [6.07, 6.45) is 8.29. The predicted octanol–water partition coefficient (Wildman–Crippen LogP) is 12.6. The zero-order valence-electron chi connectivity index (χ0n) is 76.5. The fourth-order valence-electron chi connectivity index (χ4n) is 16.2. The third kappa shape index (κ3) is 17.4. The van der Waals surface area contributed by atoms with Gasteiger partial charge in [-0.2, -0.15) is 15.0 Å². The van der Waals surface area contributed by atoms with Crippen LogP contribution in [0.3, 0.4) is 0 Å². The summed E-state index contributed by atoms with van der Waals surface area (Å²) >= 11 is 0. The molecule has 0 bridgehead atoms. The molecule has 3 aromatic carbocycles. The zero-order chi connectivity index (χ0) is 95.3. The molecule has 4 unspecified atom stereocenters. The molecule has 3 saturated heterocycles. The number of nitrogens with one attached hydrogen (secondary N) is 1. The maximum Gasteiger partial charge on any atom is 0.355 e. The second-order valence-electron chi connectivity index (χ2n) is 32.1. The number of carbonyl (C=O) groups excluding carboxylic acids is 5. The number of amides is 5. The summed E-state index contributed by atoms with van der Waals surface area (Å²) < 4.78 is 101. The van der Waals surface area contributed by atoms with Crippen LogP contribution in [-0.4, -0.2) is 191 Å². The van der Waals surface area contributed by atoms with Crippen molar-refractivity contribution in [2.24, 2.45) is 5.73 Å². The smallest absolute Gasteiger partial charge is 0.355 e. The summed E-state index contributed by atoms with van der Waals surface area (Å²) in [5, 5.41) is 13.5. The third-order valence-corrected chi connectivity index (χ3v) is 22.5. The number of primary amides is 1. The second-order valence-corrected chi connectivity index (χ2v) is 32.1. The van der Waals surface area contributed by atoms with Gasteiger partial charge in [-0.1, -0.05) is 104 Å². The van der Waals surface area contributed by atoms with Gasteiger partial charge in [0.2, 0.25) is 23.6 Å². The number of aromatic nitrogens is 12. The van der Waals surface area contributed by atoms with Gasteiger partial charge in [0.15, 0.2) is 22.8 Å². The van der Waals surface area contributed by atoms with Crippen molar-refractivity contribution in [1.82, 2.24) is 78.6 Å². The highest BCUT2D eigenvalue weighted by atomic mass is 19.1. The van der Waals surface area contributed by atoms with Gasteiger partial charge in [0.1, 0.15) is 57.7 Å². The Morgan fingerprint density at radius 3 is 1.24 bits per heavy atom. The van der Waals surface area contributed by atoms with Crippen LogP contribution in [0.25, 0.3) is 83.9 Å². The van der Waals surface area contributed by atoms with Crippen LogP contribution >= 0.6 is 0 Å². The summed E-state index contributed by atoms with van der Waals surface area (Å²) in [5.41, 5.74) is 8.39. The first-order chi connectivity index (χ1) is 62.0. The first-order valence-corrected chi connectivity index (χ1v) is 41.1. The van der Waals surface area contributed by atoms with Crippen LogP contribution in [-0.2, 0) is 14.4 Å². The molecule has 4 N–H and O–H groups in total. The van der Waals surface area contributed by atoms with E-state index in [0.29, 0.717) is 81.6 Å². The number of rotatable bonds is 17. The summed E-state index contributed by atoms with van der Waals surface area (Å²) in [6, 6.07) is 24.2. The fraction of sp³-hybridized carbons (Fsp3) is 0.309. The standard InChI is InChI=1S/C33H36FN7O3.C32H34FN7O3.C29H28F2N6O3/c1-8-26(42)39-16-21(6)40(17-20(39)5)30-24-15-25(34)28(22-11-9-10-12-23(22)32(43)35-7)37-31(24)41(33(44)38-30)29-19(4)13-14-36-27(29)18(2)3;1-7-25(41)38-15-20(6)39(16-19(38)5)30-23-14-24(33)27(21-10-8-9-11-22(21)29(34)42)36-31(23)40(32(43)37-30)28-18(4)12-13-35-26(28)17(2)3;1-5-22(39)35-11-13-36(14-12-35)27-18-15-20(31)25(23-19(30)7-6-8-21(23)38)33-28(18)37(29(40)34-27)26-17(4)9-10-32-24(26)16(2)3/h8-15,18,20-21H,1,16-17H2,2-7H3,(H,35,43);7-14,17,19-20H,1,15-16H2,2-6H3,(H2,34,42);5-10,15-16,38H,1,11-14H2,2-4H3/i;;11D2,12D2. The number of nitrogens with two attached hydrogens (primary N) is 1. The van der Waals surface area contributed by atoms with Crippen molar-refractivity contribution in [3.05, 3.63) is 259 Å². The van der Waals surface area contributed by atoms with E-state index in [1.807, 2.05) is 92.9 Å². The lowest BCUT2D eigenvalue weighted by Gasteiger charge is -2.44. The number of halogens is 4. The minimum absolute atomic E-state index is 0.0447. The normalized spacial score (nSPS) is 17.2. The molecule has 4 atom stereocenters. The molecule has 3 aliphatic rings. The Bertz CT molecular complexity index is 6830. The molecule has 0 spiro atoms. The van der Waals surface area contributed by atoms with Crippen LogP contribution in [0.15, 0.2) is 174 Å². The SMILES string of the molecule is C=CC(=O)N1CC(C)N(c2nc(=O)n(-c3c(C)ccnc3C(C)C)c3nc(-c4ccccc4C(=O)NC)c(F)cc23)CC1C.C=CC(=O)N1CC(C)N(c2nc(=O)n(-c3c(C)ccnc3C(C)C)c3nc(-c4ccccc4C(N)=O)c(F)cc23)CC1C.[2H]C1([2H])CN(c2nc(=O)n(-c3c(C)ccnc3C(C)C)c3nc(-c4c(O)cccc4F)c(F)cc23)CC([2H])([2H])N1C(=O)C=C. The molecule has 5 amide bonds. The van der Waals surface area contributed by atoms with Crippen LogP contribution in [0.2, 0.25) is 0 Å². The highest BCUT2D eigenvalue weighted by Crippen LogP contribution is 2.41. The number of phenolic OH excluding ortho intramolecular Hbond substituents is 1. The van der Waals surface area contributed by atoms with Crippen LogP contribution in [0.5, 0.6) is 5.75 Å². The Balaban J connectivity index is 0.000000167. The highest BCUT2D eigenvalue weighted by Gasteiger charge is 2.38. The minimum atomic E-state index is -2.61. The van der Waals surface area contributed by atoms with E-state index < -0.39 is 101 Å². The molecular formula is C94H98F4N20O9. The van der Waals surface area contributed by atoms with Gasteiger partial charge >= 0.3 is 17.1 Å². The number of nitrogens with zero attached hydrogens (tertiary/aromatic N) is 18. The largest absolute Gasteiger partial charge is 0.507 e. The minimum Gasteiger partial charge on any atom is -0.507 e. The summed E-state index contributed by atoms with van der Waals surface area (Å²) in [7, 11) is 1.50. The molecule has 0 aliphatic carbocycles. The summed E-state index contributed by atoms with van der Waals surface area (Å²) in [5.74, 6) is -6.58. The van der Waals surface area contributed by atoms with E-state index in [2.05, 4.69) is 59.9 Å². The third-order valence-electron chi connectivity index (χ3n) is 22.5. The van der Waals surface area contributed by atoms with Gasteiger partial charge in [0, 0.05) is 124 Å². The van der Waals surface area contributed by atoms with Gasteiger partial charge in [0.05, 0.1) is 61.3 Å². The van der Waals surface area contributed by atoms with E-state index >= 15 is 13.2 Å². The molecule has 12 heterocycles. The fourth-order valence-corrected chi connectivity index (χ4v) is 16.2. The number of carbonyl (C=O) groups is 5. The summed E-state index contributed by atoms with van der Waals surface area (Å²) in [6.45, 7) is 30.2. The number of hydrogen-bond acceptors (Lipinski definition) is 21. The Morgan fingerprint density at radius 1 is 0.488 bits per heavy atom. The number of fused-ring (bicyclic) bond motifs is 3. The topological polar surface area (TPSA) is 345 Å². The molecular weight excluding hydrogens is 1630 g/mol. The van der Waals surface area contributed by atoms with Gasteiger partial charge in [0.25, 0.3) is 5.91 Å². The lowest BCUT2D eigenvalue weighted by atomic mass is 10.0. The van der Waals surface area contributed by atoms with Crippen molar-refractivity contribution in [1.29, 1.82) is 0 Å². The Hall–Kier alpha value is -14.5. The van der Waals surface area contributed by atoms with E-state index in [1.54, 1.807) is 96.0 Å². The number of piperazine rings is 3. The molecule has 656 valence electrons. The van der Waals surface area contributed by atoms with Gasteiger partial charge in [-0.05, 0) is 162 Å². The van der Waals surface area contributed by atoms with Crippen LogP contribution in [0.1, 0.15) is 147 Å². The van der Waals surface area contributed by atoms with Crippen molar-refractivity contribution >= 4 is 80.1 Å². The molecule has 29 nitrogen and oxygen atoms in total. The molecule has 127 heavy (non-hydrogen) atoms. The first-order valence-electron chi connectivity index (χ1n) is 43.1. The number of benzene rings is 3. The molecule has 9 aromatic heterocycles. The first kappa shape index (κ1) is 84.7. The lowest BCUT2D eigenvalue weighted by molar-refractivity contribution is -0.129. The van der Waals surface area contributed by atoms with Crippen molar-refractivity contribution in [3.63, 3.8) is 0 Å². The molecule has 3 fully saturated rings. The predicted molar refractivity (Wildman–Crippen MR) is 480 cm³/mol. The maximum absolute atomic E-state index is 16.2. The summed E-state index contributed by atoms with van der Waals surface area (Å²) in [4.78, 5) is 154. The van der Waals surface area contributed by atoms with Crippen molar-refractivity contribution < 1.29 is 52.1 Å². The number of hydrogen-bond donors (Lipinski definition) is 3. The molecule has 0 radical (unpaired) electrons. The van der Waals surface area contributed by atoms with Crippen molar-refractivity contribution in [2.45, 2.75) is 132 Å². The van der Waals surface area contributed by atoms with Crippen molar-refractivity contribution in [2.75, 3.05) is 74.0 Å². The zero-order valence-corrected chi connectivity index (χ0v) is 72.5. The van der Waals surface area contributed by atoms with Crippen molar-refractivity contribution in [3.8, 4) is 56.6 Å². The van der Waals surface area contributed by atoms with Gasteiger partial charge in [-0.25, -0.2) is 60.6 Å². The molecule has 3 aliphatic heterocycles. The Kier molecular flexibility index (Phi) is 24.7. The average Bonchev–Trinajstić information content (AvgIpc) is 0.729. The maximum atomic E-state index is 16.2. The van der Waals surface area contributed by atoms with Crippen LogP contribution in [0, 0.1) is 44.0 Å². The molecule has 33 heteroatoms. The number of aryl methyl sites for hydroxylation is 3. The van der Waals surface area contributed by atoms with E-state index in [4.69, 9.17) is 21.2 Å². The Labute approximate surface area is 735 Å². The lowest BCUT2D eigenvalue weighted by Crippen LogP contribution is -2.58. The van der Waals surface area contributed by atoms with Gasteiger partial charge in [-0.15, -0.1) is 0 Å². The monoisotopic (exact) mass is 1730 g/mol. The van der Waals surface area contributed by atoms with Crippen LogP contribution in [0.4, 0.5) is 35.0 Å². The number of phenols is 1. The van der Waals surface area contributed by atoms with Crippen LogP contribution < -0.4 is 42.8 Å². The molecule has 0 saturated carbocycles. The molecule has 12 aromatic rings. The van der Waals surface area contributed by atoms with E-state index in [-0.39, 0.29) is 127 Å². The van der Waals surface area contributed by atoms with E-state index in [9.17, 15) is 47.9 Å². The molecule has 15 rings (SSSR count). The van der Waals surface area contributed by atoms with Gasteiger partial charge in [-0.3, -0.25) is 38.9 Å². The highest BCUT2D eigenvalue weighted by molar-refractivity contribution is 6.03. The van der Waals surface area contributed by atoms with Gasteiger partial charge < -0.3 is 45.6 Å². The number of aromatic hydroxyl groups is 1. The van der Waals surface area contributed by atoms with E-state index in [0.717, 1.165) is 44.9 Å². The quantitative estimate of drug-likeness (QED) is 0.0563. The second kappa shape index (κ2) is 37.1. The number of pyridine rings is 6.